The number of nitrogens with one attached hydrogen (secondary N) is 1. The number of carbonyl (C=O) groups is 1. The molecule has 24 heavy (non-hydrogen) atoms. The topological polar surface area (TPSA) is 60.0 Å². The van der Waals surface area contributed by atoms with Crippen LogP contribution < -0.4 is 14.8 Å². The van der Waals surface area contributed by atoms with E-state index in [1.54, 1.807) is 14.0 Å². The smallest absolute Gasteiger partial charge is 0.317 e. The van der Waals surface area contributed by atoms with E-state index in [1.807, 2.05) is 36.9 Å². The van der Waals surface area contributed by atoms with Gasteiger partial charge in [0, 0.05) is 12.1 Å². The number of benzene rings is 1. The fraction of sp³-hybridized carbons (Fsp3) is 0.529. The third-order valence-corrected chi connectivity index (χ3v) is 5.04. The summed E-state index contributed by atoms with van der Waals surface area (Å²) in [6, 6.07) is 5.33. The number of hydrogen-bond acceptors (Lipinski definition) is 5. The molecular weight excluding hydrogens is 328 g/mol. The molecule has 3 rings (SSSR count). The Kier molecular flexibility index (Phi) is 4.29. The van der Waals surface area contributed by atoms with Gasteiger partial charge >= 0.3 is 5.97 Å². The van der Waals surface area contributed by atoms with Crippen molar-refractivity contribution in [3.05, 3.63) is 23.8 Å². The van der Waals surface area contributed by atoms with Crippen LogP contribution >= 0.6 is 12.2 Å². The Hall–Kier alpha value is -2.02. The summed E-state index contributed by atoms with van der Waals surface area (Å²) in [4.78, 5) is 14.6. The molecule has 0 aliphatic carbocycles. The molecule has 1 fully saturated rings. The van der Waals surface area contributed by atoms with Gasteiger partial charge in [-0.1, -0.05) is 12.1 Å². The van der Waals surface area contributed by atoms with E-state index in [2.05, 4.69) is 5.32 Å². The number of methoxy groups -OCH3 is 1. The second-order valence-corrected chi connectivity index (χ2v) is 6.32. The first-order valence-electron chi connectivity index (χ1n) is 8.08. The summed E-state index contributed by atoms with van der Waals surface area (Å²) in [6.07, 6.45) is 0. The second-order valence-electron chi connectivity index (χ2n) is 5.94. The van der Waals surface area contributed by atoms with Gasteiger partial charge in [-0.15, -0.1) is 0 Å². The first-order chi connectivity index (χ1) is 11.5. The molecule has 2 heterocycles. The van der Waals surface area contributed by atoms with Crippen LogP contribution in [-0.2, 0) is 9.53 Å². The number of ether oxygens (including phenoxy) is 3. The molecule has 130 valence electrons. The molecule has 1 N–H and O–H groups in total. The van der Waals surface area contributed by atoms with Crippen LogP contribution in [0.15, 0.2) is 18.2 Å². The molecule has 2 aliphatic rings. The minimum atomic E-state index is -0.935. The average Bonchev–Trinajstić information content (AvgIpc) is 2.54. The lowest BCUT2D eigenvalue weighted by atomic mass is 9.79. The molecule has 0 amide bonds. The van der Waals surface area contributed by atoms with E-state index in [1.165, 1.54) is 0 Å². The fourth-order valence-corrected chi connectivity index (χ4v) is 4.08. The van der Waals surface area contributed by atoms with Gasteiger partial charge in [-0.2, -0.15) is 0 Å². The Balaban J connectivity index is 2.18. The first kappa shape index (κ1) is 16.8. The van der Waals surface area contributed by atoms with Crippen LogP contribution in [0.3, 0.4) is 0 Å². The van der Waals surface area contributed by atoms with Crippen molar-refractivity contribution in [3.8, 4) is 11.5 Å². The van der Waals surface area contributed by atoms with Crippen molar-refractivity contribution in [2.75, 3.05) is 20.3 Å². The van der Waals surface area contributed by atoms with Crippen LogP contribution in [0.4, 0.5) is 0 Å². The lowest BCUT2D eigenvalue weighted by Gasteiger charge is -2.55. The molecule has 0 saturated carbocycles. The number of rotatable bonds is 4. The molecule has 0 spiro atoms. The molecule has 1 saturated heterocycles. The quantitative estimate of drug-likeness (QED) is 0.660. The van der Waals surface area contributed by atoms with Crippen LogP contribution in [0, 0.1) is 5.92 Å². The fourth-order valence-electron chi connectivity index (χ4n) is 3.65. The van der Waals surface area contributed by atoms with Crippen LogP contribution in [0.1, 0.15) is 32.4 Å². The van der Waals surface area contributed by atoms with E-state index >= 15 is 0 Å². The highest BCUT2D eigenvalue weighted by molar-refractivity contribution is 7.80. The average molecular weight is 350 g/mol. The van der Waals surface area contributed by atoms with Gasteiger partial charge in [0.1, 0.15) is 5.92 Å². The largest absolute Gasteiger partial charge is 0.493 e. The molecular formula is C17H22N2O4S. The van der Waals surface area contributed by atoms with Gasteiger partial charge in [0.05, 0.1) is 19.8 Å². The van der Waals surface area contributed by atoms with E-state index in [4.69, 9.17) is 26.4 Å². The van der Waals surface area contributed by atoms with Crippen LogP contribution in [0.2, 0.25) is 0 Å². The van der Waals surface area contributed by atoms with Crippen LogP contribution in [0.25, 0.3) is 0 Å². The Morgan fingerprint density at radius 2 is 2.21 bits per heavy atom. The van der Waals surface area contributed by atoms with E-state index in [0.29, 0.717) is 29.8 Å². The highest BCUT2D eigenvalue weighted by Crippen LogP contribution is 2.51. The van der Waals surface area contributed by atoms with E-state index in [9.17, 15) is 4.79 Å². The van der Waals surface area contributed by atoms with Crippen molar-refractivity contribution in [2.24, 2.45) is 5.92 Å². The second kappa shape index (κ2) is 6.12. The molecule has 2 bridgehead atoms. The summed E-state index contributed by atoms with van der Waals surface area (Å²) in [5, 5.41) is 3.86. The summed E-state index contributed by atoms with van der Waals surface area (Å²) < 4.78 is 17.1. The maximum Gasteiger partial charge on any atom is 0.317 e. The number of carbonyl (C=O) groups excluding carboxylic acids is 1. The van der Waals surface area contributed by atoms with Gasteiger partial charge in [-0.25, -0.2) is 0 Å². The van der Waals surface area contributed by atoms with Gasteiger partial charge in [0.2, 0.25) is 0 Å². The highest BCUT2D eigenvalue weighted by Gasteiger charge is 2.59. The number of nitrogens with zero attached hydrogens (tertiary/aromatic N) is 1. The summed E-state index contributed by atoms with van der Waals surface area (Å²) in [5.41, 5.74) is -0.0849. The number of thiocarbonyl (C=S) groups is 1. The van der Waals surface area contributed by atoms with Crippen molar-refractivity contribution >= 4 is 23.3 Å². The minimum absolute atomic E-state index is 0.299. The van der Waals surface area contributed by atoms with Crippen LogP contribution in [0.5, 0.6) is 11.5 Å². The summed E-state index contributed by atoms with van der Waals surface area (Å²) in [7, 11) is 1.60. The molecule has 1 aromatic carbocycles. The van der Waals surface area contributed by atoms with E-state index < -0.39 is 11.6 Å². The highest BCUT2D eigenvalue weighted by atomic mass is 32.1. The van der Waals surface area contributed by atoms with E-state index in [-0.39, 0.29) is 12.0 Å². The SMILES string of the molecule is CCOC(=O)[C@H]1[C@H]2NC(=S)N(CC)[C@@]1(C)Oc1c(OC)cccc12. The Morgan fingerprint density at radius 3 is 2.83 bits per heavy atom. The maximum atomic E-state index is 12.7. The zero-order chi connectivity index (χ0) is 17.5. The summed E-state index contributed by atoms with van der Waals surface area (Å²) in [5.74, 6) is 0.439. The lowest BCUT2D eigenvalue weighted by molar-refractivity contribution is -0.175. The molecule has 0 radical (unpaired) electrons. The molecule has 6 nitrogen and oxygen atoms in total. The Morgan fingerprint density at radius 1 is 1.46 bits per heavy atom. The Bertz CT molecular complexity index is 681. The molecule has 0 unspecified atom stereocenters. The normalized spacial score (nSPS) is 27.7. The predicted octanol–water partition coefficient (Wildman–Crippen LogP) is 2.23. The predicted molar refractivity (Wildman–Crippen MR) is 93.0 cm³/mol. The molecule has 7 heteroatoms. The maximum absolute atomic E-state index is 12.7. The van der Waals surface area contributed by atoms with Gasteiger partial charge < -0.3 is 24.4 Å². The zero-order valence-electron chi connectivity index (χ0n) is 14.3. The van der Waals surface area contributed by atoms with Gasteiger partial charge in [-0.3, -0.25) is 4.79 Å². The van der Waals surface area contributed by atoms with Crippen LogP contribution in [-0.4, -0.2) is 42.0 Å². The van der Waals surface area contributed by atoms with Crippen molar-refractivity contribution < 1.29 is 19.0 Å². The van der Waals surface area contributed by atoms with Crippen molar-refractivity contribution in [1.29, 1.82) is 0 Å². The molecule has 2 aliphatic heterocycles. The van der Waals surface area contributed by atoms with Gasteiger partial charge in [-0.05, 0) is 39.1 Å². The lowest BCUT2D eigenvalue weighted by Crippen LogP contribution is -2.71. The van der Waals surface area contributed by atoms with Crippen molar-refractivity contribution in [1.82, 2.24) is 10.2 Å². The standard InChI is InChI=1S/C17H22N2O4S/c1-5-19-16(24)18-13-10-8-7-9-11(21-4)14(10)23-17(19,3)12(13)15(20)22-6-2/h7-9,12-13H,5-6H2,1-4H3,(H,18,24)/t12-,13+,17+/m1/s1. The van der Waals surface area contributed by atoms with Crippen molar-refractivity contribution in [2.45, 2.75) is 32.5 Å². The summed E-state index contributed by atoms with van der Waals surface area (Å²) >= 11 is 5.50. The molecule has 1 aromatic rings. The summed E-state index contributed by atoms with van der Waals surface area (Å²) in [6.45, 7) is 6.58. The van der Waals surface area contributed by atoms with Gasteiger partial charge in [0.25, 0.3) is 0 Å². The zero-order valence-corrected chi connectivity index (χ0v) is 15.1. The number of esters is 1. The molecule has 0 aromatic heterocycles. The van der Waals surface area contributed by atoms with E-state index in [0.717, 1.165) is 5.56 Å². The monoisotopic (exact) mass is 350 g/mol. The minimum Gasteiger partial charge on any atom is -0.493 e. The molecule has 3 atom stereocenters. The third kappa shape index (κ3) is 2.30. The number of para-hydroxylation sites is 1. The van der Waals surface area contributed by atoms with Gasteiger partial charge in [0.15, 0.2) is 22.3 Å². The first-order valence-corrected chi connectivity index (χ1v) is 8.49. The Labute approximate surface area is 147 Å². The number of hydrogen-bond donors (Lipinski definition) is 1. The van der Waals surface area contributed by atoms with Crippen molar-refractivity contribution in [3.63, 3.8) is 0 Å². The number of fused-ring (bicyclic) bond motifs is 4. The third-order valence-electron chi connectivity index (χ3n) is 4.70.